The van der Waals surface area contributed by atoms with Crippen LogP contribution in [0.2, 0.25) is 0 Å². The van der Waals surface area contributed by atoms with Crippen molar-refractivity contribution in [2.24, 2.45) is 0 Å². The van der Waals surface area contributed by atoms with Gasteiger partial charge in [-0.15, -0.1) is 18.8 Å². The SMILES string of the molecule is O=C(Nc1ccc(F)cc1)Nc1ncnc2c1ncn2[C@H]1C[C@H](O[P+](=O)O)[C@@H](CO[P+](=O)O)O1. The Morgan fingerprint density at radius 2 is 1.94 bits per heavy atom. The van der Waals surface area contributed by atoms with Crippen molar-refractivity contribution in [2.45, 2.75) is 24.9 Å². The van der Waals surface area contributed by atoms with E-state index in [0.717, 1.165) is 0 Å². The number of urea groups is 1. The van der Waals surface area contributed by atoms with Crippen LogP contribution in [0.1, 0.15) is 12.6 Å². The standard InChI is InChI=1S/C17H15FN6O8P2/c18-9-1-3-10(4-2-9)22-17(25)23-15-14-16(20-7-19-15)24(8-21-14)13-5-11(32-34(28)29)12(31-13)6-30-33(26)27/h1-4,7-8,11-13H,5-6H2,(H2-2,19,20,22,23,25,26,27,28,29)/p+2/t11-,12+,13+/m0/s1. The first-order valence-corrected chi connectivity index (χ1v) is 11.8. The summed E-state index contributed by atoms with van der Waals surface area (Å²) in [5.41, 5.74) is 0.864. The maximum atomic E-state index is 13.0. The molecule has 1 fully saturated rings. The van der Waals surface area contributed by atoms with Crippen molar-refractivity contribution in [3.8, 4) is 0 Å². The molecule has 34 heavy (non-hydrogen) atoms. The summed E-state index contributed by atoms with van der Waals surface area (Å²) < 4.78 is 52.0. The van der Waals surface area contributed by atoms with Gasteiger partial charge < -0.3 is 10.1 Å². The topological polar surface area (TPSA) is 187 Å². The zero-order chi connectivity index (χ0) is 24.2. The molecule has 14 nitrogen and oxygen atoms in total. The first-order chi connectivity index (χ1) is 16.3. The Hall–Kier alpha value is -3.03. The fraction of sp³-hybridized carbons (Fsp3) is 0.294. The van der Waals surface area contributed by atoms with Crippen LogP contribution in [0, 0.1) is 5.82 Å². The highest BCUT2D eigenvalue weighted by Crippen LogP contribution is 2.37. The van der Waals surface area contributed by atoms with Crippen molar-refractivity contribution in [3.05, 3.63) is 42.7 Å². The van der Waals surface area contributed by atoms with Crippen molar-refractivity contribution >= 4 is 45.2 Å². The highest BCUT2D eigenvalue weighted by Gasteiger charge is 2.44. The molecule has 1 saturated heterocycles. The summed E-state index contributed by atoms with van der Waals surface area (Å²) in [5, 5.41) is 5.07. The molecule has 1 aliphatic heterocycles. The number of halogens is 1. The summed E-state index contributed by atoms with van der Waals surface area (Å²) in [7, 11) is -5.86. The number of hydrogen-bond donors (Lipinski definition) is 4. The Kier molecular flexibility index (Phi) is 7.44. The molecule has 2 amide bonds. The smallest absolute Gasteiger partial charge is 0.349 e. The Morgan fingerprint density at radius 1 is 1.18 bits per heavy atom. The molecule has 4 rings (SSSR count). The minimum atomic E-state index is -2.96. The lowest BCUT2D eigenvalue weighted by atomic mass is 10.2. The quantitative estimate of drug-likeness (QED) is 0.324. The molecule has 1 aromatic carbocycles. The summed E-state index contributed by atoms with van der Waals surface area (Å²) in [6.07, 6.45) is 0.0527. The van der Waals surface area contributed by atoms with E-state index in [0.29, 0.717) is 5.69 Å². The molecule has 2 unspecified atom stereocenters. The molecular weight excluding hydrogens is 497 g/mol. The summed E-state index contributed by atoms with van der Waals surface area (Å²) in [5.74, 6) is -0.356. The van der Waals surface area contributed by atoms with E-state index in [1.165, 1.54) is 41.5 Å². The minimum absolute atomic E-state index is 0.0845. The molecule has 0 radical (unpaired) electrons. The predicted octanol–water partition coefficient (Wildman–Crippen LogP) is 2.60. The fourth-order valence-corrected chi connectivity index (χ4v) is 4.07. The van der Waals surface area contributed by atoms with Crippen molar-refractivity contribution < 1.29 is 41.9 Å². The van der Waals surface area contributed by atoms with E-state index in [-0.39, 0.29) is 30.0 Å². The number of nitrogens with one attached hydrogen (secondary N) is 2. The van der Waals surface area contributed by atoms with Crippen LogP contribution < -0.4 is 10.6 Å². The monoisotopic (exact) mass is 514 g/mol. The van der Waals surface area contributed by atoms with E-state index in [2.05, 4.69) is 30.1 Å². The van der Waals surface area contributed by atoms with Gasteiger partial charge in [0.2, 0.25) is 0 Å². The second-order valence-electron chi connectivity index (χ2n) is 6.91. The van der Waals surface area contributed by atoms with Gasteiger partial charge >= 0.3 is 22.5 Å². The van der Waals surface area contributed by atoms with Gasteiger partial charge in [-0.2, -0.15) is 0 Å². The number of nitrogens with zero attached hydrogens (tertiary/aromatic N) is 4. The van der Waals surface area contributed by atoms with Crippen LogP contribution in [-0.4, -0.2) is 54.2 Å². The number of imidazole rings is 1. The summed E-state index contributed by atoms with van der Waals surface area (Å²) in [4.78, 5) is 42.7. The predicted molar refractivity (Wildman–Crippen MR) is 113 cm³/mol. The maximum absolute atomic E-state index is 13.0. The van der Waals surface area contributed by atoms with E-state index >= 15 is 0 Å². The number of rotatable bonds is 8. The number of carbonyl (C=O) groups is 1. The Morgan fingerprint density at radius 3 is 2.65 bits per heavy atom. The number of amides is 2. The van der Waals surface area contributed by atoms with Crippen molar-refractivity contribution in [3.63, 3.8) is 0 Å². The van der Waals surface area contributed by atoms with Crippen LogP contribution in [-0.2, 0) is 22.9 Å². The van der Waals surface area contributed by atoms with Gasteiger partial charge in [0.15, 0.2) is 17.0 Å². The largest absolute Gasteiger partial charge is 0.695 e. The minimum Gasteiger partial charge on any atom is -0.349 e. The van der Waals surface area contributed by atoms with Gasteiger partial charge in [-0.25, -0.2) is 24.1 Å². The number of ether oxygens (including phenoxy) is 1. The number of hydrogen-bond acceptors (Lipinski definition) is 9. The molecule has 178 valence electrons. The molecule has 0 spiro atoms. The molecule has 1 aliphatic rings. The normalized spacial score (nSPS) is 20.9. The van der Waals surface area contributed by atoms with Gasteiger partial charge in [-0.3, -0.25) is 9.88 Å². The highest BCUT2D eigenvalue weighted by molar-refractivity contribution is 7.32. The molecular formula is C17H17FN6O8P2+2. The van der Waals surface area contributed by atoms with Crippen molar-refractivity contribution in [2.75, 3.05) is 17.2 Å². The van der Waals surface area contributed by atoms with Crippen LogP contribution in [0.15, 0.2) is 36.9 Å². The maximum Gasteiger partial charge on any atom is 0.695 e. The lowest BCUT2D eigenvalue weighted by molar-refractivity contribution is -0.0347. The van der Waals surface area contributed by atoms with E-state index in [1.807, 2.05) is 0 Å². The van der Waals surface area contributed by atoms with Crippen LogP contribution >= 0.6 is 16.5 Å². The van der Waals surface area contributed by atoms with Gasteiger partial charge in [0.25, 0.3) is 0 Å². The second-order valence-corrected chi connectivity index (χ2v) is 8.33. The third-order valence-corrected chi connectivity index (χ3v) is 5.58. The summed E-state index contributed by atoms with van der Waals surface area (Å²) >= 11 is 0. The van der Waals surface area contributed by atoms with Crippen molar-refractivity contribution in [1.29, 1.82) is 0 Å². The number of fused-ring (bicyclic) bond motifs is 1. The lowest BCUT2D eigenvalue weighted by Crippen LogP contribution is -2.26. The summed E-state index contributed by atoms with van der Waals surface area (Å²) in [6.45, 7) is -0.353. The van der Waals surface area contributed by atoms with Gasteiger partial charge in [0, 0.05) is 21.2 Å². The van der Waals surface area contributed by atoms with E-state index < -0.39 is 46.8 Å². The molecule has 2 aromatic heterocycles. The van der Waals surface area contributed by atoms with E-state index in [1.54, 1.807) is 0 Å². The number of aromatic nitrogens is 4. The highest BCUT2D eigenvalue weighted by atomic mass is 31.1. The van der Waals surface area contributed by atoms with E-state index in [9.17, 15) is 18.3 Å². The molecule has 5 atom stereocenters. The Balaban J connectivity index is 1.51. The Labute approximate surface area is 192 Å². The van der Waals surface area contributed by atoms with Crippen LogP contribution in [0.5, 0.6) is 0 Å². The average Bonchev–Trinajstić information content (AvgIpc) is 3.38. The fourth-order valence-electron chi connectivity index (χ4n) is 3.34. The van der Waals surface area contributed by atoms with E-state index in [4.69, 9.17) is 19.0 Å². The molecule has 0 bridgehead atoms. The van der Waals surface area contributed by atoms with Crippen LogP contribution in [0.4, 0.5) is 20.7 Å². The van der Waals surface area contributed by atoms with Crippen LogP contribution in [0.3, 0.4) is 0 Å². The first-order valence-electron chi connectivity index (χ1n) is 9.58. The Bertz CT molecular complexity index is 1230. The van der Waals surface area contributed by atoms with Crippen molar-refractivity contribution in [1.82, 2.24) is 19.5 Å². The van der Waals surface area contributed by atoms with Gasteiger partial charge in [0.1, 0.15) is 37.2 Å². The third kappa shape index (κ3) is 5.72. The molecule has 4 N–H and O–H groups in total. The number of carbonyl (C=O) groups excluding carboxylic acids is 1. The zero-order valence-electron chi connectivity index (χ0n) is 17.0. The molecule has 3 heterocycles. The van der Waals surface area contributed by atoms with Gasteiger partial charge in [-0.05, 0) is 24.3 Å². The molecule has 0 saturated carbocycles. The third-order valence-electron chi connectivity index (χ3n) is 4.76. The van der Waals surface area contributed by atoms with Gasteiger partial charge in [0.05, 0.1) is 6.33 Å². The van der Waals surface area contributed by atoms with Gasteiger partial charge in [-0.1, -0.05) is 0 Å². The zero-order valence-corrected chi connectivity index (χ0v) is 18.8. The lowest BCUT2D eigenvalue weighted by Gasteiger charge is -2.13. The second kappa shape index (κ2) is 10.5. The number of benzene rings is 1. The summed E-state index contributed by atoms with van der Waals surface area (Å²) in [6, 6.07) is 4.53. The van der Waals surface area contributed by atoms with Crippen LogP contribution in [0.25, 0.3) is 11.2 Å². The molecule has 0 aliphatic carbocycles. The molecule has 3 aromatic rings. The average molecular weight is 514 g/mol. The number of anilines is 2. The first kappa shape index (κ1) is 24.1. The molecule has 17 heteroatoms.